The minimum Gasteiger partial charge on any atom is -0.495 e. The normalized spacial score (nSPS) is 14.9. The SMILES string of the molecule is COc1cc(CCOc2cc3c(cc2OC)CCN(C(=O)NCC(F)(F)F)C3c2ccc(F)cc2C)ccc1N. The minimum absolute atomic E-state index is 0.153. The number of carbonyl (C=O) groups excluding carboxylic acids is 1. The van der Waals surface area contributed by atoms with E-state index in [-0.39, 0.29) is 13.2 Å². The number of nitrogens with two attached hydrogens (primary N) is 1. The minimum atomic E-state index is -4.56. The Hall–Kier alpha value is -4.15. The Labute approximate surface area is 229 Å². The van der Waals surface area contributed by atoms with Crippen molar-refractivity contribution in [2.45, 2.75) is 32.0 Å². The Bertz CT molecular complexity index is 1380. The van der Waals surface area contributed by atoms with Crippen LogP contribution in [0.5, 0.6) is 17.2 Å². The number of nitrogens with zero attached hydrogens (tertiary/aromatic N) is 1. The molecule has 1 unspecified atom stereocenters. The number of halogens is 4. The van der Waals surface area contributed by atoms with E-state index in [4.69, 9.17) is 19.9 Å². The van der Waals surface area contributed by atoms with E-state index < -0.39 is 30.6 Å². The molecule has 4 rings (SSSR count). The number of hydrogen-bond acceptors (Lipinski definition) is 5. The van der Waals surface area contributed by atoms with Crippen molar-refractivity contribution < 1.29 is 36.6 Å². The number of alkyl halides is 3. The van der Waals surface area contributed by atoms with Gasteiger partial charge in [0.1, 0.15) is 18.1 Å². The summed E-state index contributed by atoms with van der Waals surface area (Å²) in [7, 11) is 3.05. The monoisotopic (exact) mass is 561 g/mol. The molecule has 3 N–H and O–H groups in total. The largest absolute Gasteiger partial charge is 0.495 e. The molecule has 0 saturated heterocycles. The lowest BCUT2D eigenvalue weighted by molar-refractivity contribution is -0.123. The van der Waals surface area contributed by atoms with Crippen LogP contribution in [0.2, 0.25) is 0 Å². The van der Waals surface area contributed by atoms with Crippen molar-refractivity contribution in [3.8, 4) is 17.2 Å². The number of ether oxygens (including phenoxy) is 3. The number of methoxy groups -OCH3 is 2. The van der Waals surface area contributed by atoms with E-state index in [1.165, 1.54) is 31.3 Å². The van der Waals surface area contributed by atoms with E-state index in [1.807, 2.05) is 23.5 Å². The molecule has 0 aromatic heterocycles. The fraction of sp³-hybridized carbons (Fsp3) is 0.345. The van der Waals surface area contributed by atoms with Crippen molar-refractivity contribution in [2.75, 3.05) is 39.6 Å². The summed E-state index contributed by atoms with van der Waals surface area (Å²) in [6, 6.07) is 11.5. The number of benzene rings is 3. The number of rotatable bonds is 8. The lowest BCUT2D eigenvalue weighted by Crippen LogP contribution is -2.48. The van der Waals surface area contributed by atoms with E-state index >= 15 is 0 Å². The van der Waals surface area contributed by atoms with Crippen LogP contribution in [0, 0.1) is 12.7 Å². The quantitative estimate of drug-likeness (QED) is 0.277. The van der Waals surface area contributed by atoms with Gasteiger partial charge in [-0.05, 0) is 77.6 Å². The van der Waals surface area contributed by atoms with Gasteiger partial charge in [0.2, 0.25) is 0 Å². The van der Waals surface area contributed by atoms with Gasteiger partial charge in [0.25, 0.3) is 0 Å². The van der Waals surface area contributed by atoms with Crippen LogP contribution in [0.3, 0.4) is 0 Å². The molecule has 3 aromatic carbocycles. The smallest absolute Gasteiger partial charge is 0.405 e. The number of hydrogen-bond donors (Lipinski definition) is 2. The third kappa shape index (κ3) is 6.52. The zero-order valence-corrected chi connectivity index (χ0v) is 22.4. The Morgan fingerprint density at radius 3 is 2.45 bits per heavy atom. The number of carbonyl (C=O) groups is 1. The molecule has 1 atom stereocenters. The molecule has 2 amide bonds. The molecule has 0 fully saturated rings. The van der Waals surface area contributed by atoms with Gasteiger partial charge in [-0.1, -0.05) is 12.1 Å². The summed E-state index contributed by atoms with van der Waals surface area (Å²) in [5.74, 6) is 0.998. The fourth-order valence-corrected chi connectivity index (χ4v) is 4.87. The van der Waals surface area contributed by atoms with Crippen molar-refractivity contribution >= 4 is 11.7 Å². The highest BCUT2D eigenvalue weighted by atomic mass is 19.4. The summed E-state index contributed by atoms with van der Waals surface area (Å²) in [5.41, 5.74) is 10.0. The Morgan fingerprint density at radius 2 is 1.77 bits per heavy atom. The third-order valence-corrected chi connectivity index (χ3v) is 6.83. The first-order valence-electron chi connectivity index (χ1n) is 12.6. The standard InChI is InChI=1S/C29H31F4N3O4/c1-17-12-20(30)5-6-21(17)27-22-15-26(40-11-9-18-4-7-23(34)24(13-18)38-2)25(39-3)14-19(22)8-10-36(27)28(37)35-16-29(31,32)33/h4-7,12-15,27H,8-11,16,34H2,1-3H3,(H,35,37). The number of urea groups is 1. The van der Waals surface area contributed by atoms with Crippen LogP contribution >= 0.6 is 0 Å². The maximum atomic E-state index is 14.0. The number of aryl methyl sites for hydroxylation is 1. The van der Waals surface area contributed by atoms with Crippen LogP contribution in [0.4, 0.5) is 28.0 Å². The van der Waals surface area contributed by atoms with Gasteiger partial charge < -0.3 is 30.2 Å². The molecule has 11 heteroatoms. The van der Waals surface area contributed by atoms with Crippen molar-refractivity contribution in [3.63, 3.8) is 0 Å². The highest BCUT2D eigenvalue weighted by Gasteiger charge is 2.36. The molecule has 0 bridgehead atoms. The molecule has 1 heterocycles. The molecule has 1 aliphatic heterocycles. The van der Waals surface area contributed by atoms with Gasteiger partial charge in [0, 0.05) is 13.0 Å². The Morgan fingerprint density at radius 1 is 1.02 bits per heavy atom. The number of nitrogen functional groups attached to an aromatic ring is 1. The topological polar surface area (TPSA) is 86.0 Å². The maximum absolute atomic E-state index is 14.0. The predicted molar refractivity (Wildman–Crippen MR) is 142 cm³/mol. The second-order valence-electron chi connectivity index (χ2n) is 9.50. The van der Waals surface area contributed by atoms with Gasteiger partial charge in [-0.3, -0.25) is 0 Å². The van der Waals surface area contributed by atoms with Crippen LogP contribution in [0.1, 0.15) is 33.9 Å². The number of nitrogens with one attached hydrogen (secondary N) is 1. The average molecular weight is 562 g/mol. The summed E-state index contributed by atoms with van der Waals surface area (Å²) < 4.78 is 69.5. The Kier molecular flexibility index (Phi) is 8.61. The first-order chi connectivity index (χ1) is 19.0. The Balaban J connectivity index is 1.67. The van der Waals surface area contributed by atoms with E-state index in [1.54, 1.807) is 25.1 Å². The average Bonchev–Trinajstić information content (AvgIpc) is 2.91. The van der Waals surface area contributed by atoms with Crippen LogP contribution < -0.4 is 25.3 Å². The van der Waals surface area contributed by atoms with Crippen LogP contribution in [-0.2, 0) is 12.8 Å². The maximum Gasteiger partial charge on any atom is 0.405 e. The lowest BCUT2D eigenvalue weighted by Gasteiger charge is -2.38. The van der Waals surface area contributed by atoms with Crippen molar-refractivity contribution in [3.05, 3.63) is 82.2 Å². The highest BCUT2D eigenvalue weighted by molar-refractivity contribution is 5.76. The van der Waals surface area contributed by atoms with Crippen molar-refractivity contribution in [1.29, 1.82) is 0 Å². The van der Waals surface area contributed by atoms with Gasteiger partial charge in [-0.15, -0.1) is 0 Å². The van der Waals surface area contributed by atoms with E-state index in [0.717, 1.165) is 11.1 Å². The summed E-state index contributed by atoms with van der Waals surface area (Å²) in [5, 5.41) is 1.97. The van der Waals surface area contributed by atoms with E-state index in [9.17, 15) is 22.4 Å². The summed E-state index contributed by atoms with van der Waals surface area (Å²) >= 11 is 0. The predicted octanol–water partition coefficient (Wildman–Crippen LogP) is 5.57. The molecule has 3 aromatic rings. The molecule has 1 aliphatic rings. The second kappa shape index (κ2) is 11.9. The first kappa shape index (κ1) is 28.8. The van der Waals surface area contributed by atoms with Crippen LogP contribution in [-0.4, -0.2) is 51.0 Å². The zero-order valence-electron chi connectivity index (χ0n) is 22.4. The van der Waals surface area contributed by atoms with E-state index in [2.05, 4.69) is 0 Å². The number of anilines is 1. The van der Waals surface area contributed by atoms with Crippen molar-refractivity contribution in [1.82, 2.24) is 10.2 Å². The summed E-state index contributed by atoms with van der Waals surface area (Å²) in [6.45, 7) is 0.663. The van der Waals surface area contributed by atoms with Crippen LogP contribution in [0.25, 0.3) is 0 Å². The summed E-state index contributed by atoms with van der Waals surface area (Å²) in [4.78, 5) is 14.3. The highest BCUT2D eigenvalue weighted by Crippen LogP contribution is 2.42. The molecule has 7 nitrogen and oxygen atoms in total. The van der Waals surface area contributed by atoms with Gasteiger partial charge in [0.15, 0.2) is 11.5 Å². The molecular formula is C29H31F4N3O4. The van der Waals surface area contributed by atoms with Gasteiger partial charge >= 0.3 is 12.2 Å². The van der Waals surface area contributed by atoms with Crippen LogP contribution in [0.15, 0.2) is 48.5 Å². The molecule has 0 aliphatic carbocycles. The zero-order chi connectivity index (χ0) is 29.0. The van der Waals surface area contributed by atoms with Gasteiger partial charge in [-0.25, -0.2) is 9.18 Å². The first-order valence-corrected chi connectivity index (χ1v) is 12.6. The molecule has 214 valence electrons. The fourth-order valence-electron chi connectivity index (χ4n) is 4.87. The summed E-state index contributed by atoms with van der Waals surface area (Å²) in [6.07, 6.45) is -3.65. The molecule has 0 saturated carbocycles. The van der Waals surface area contributed by atoms with Gasteiger partial charge in [0.05, 0.1) is 32.6 Å². The molecular weight excluding hydrogens is 530 g/mol. The second-order valence-corrected chi connectivity index (χ2v) is 9.50. The molecule has 40 heavy (non-hydrogen) atoms. The number of amides is 2. The number of fused-ring (bicyclic) bond motifs is 1. The lowest BCUT2D eigenvalue weighted by atomic mass is 9.86. The van der Waals surface area contributed by atoms with E-state index in [0.29, 0.717) is 52.5 Å². The molecule has 0 radical (unpaired) electrons. The van der Waals surface area contributed by atoms with Crippen molar-refractivity contribution in [2.24, 2.45) is 0 Å². The molecule has 0 spiro atoms. The third-order valence-electron chi connectivity index (χ3n) is 6.83. The van der Waals surface area contributed by atoms with Gasteiger partial charge in [-0.2, -0.15) is 13.2 Å².